The van der Waals surface area contributed by atoms with Gasteiger partial charge >= 0.3 is 0 Å². The zero-order valence-corrected chi connectivity index (χ0v) is 13.7. The summed E-state index contributed by atoms with van der Waals surface area (Å²) in [4.78, 5) is 0.310. The molecule has 1 saturated carbocycles. The number of H-pyrrole nitrogens is 1. The van der Waals surface area contributed by atoms with Crippen LogP contribution in [-0.2, 0) is 16.6 Å². The minimum absolute atomic E-state index is 0.105. The van der Waals surface area contributed by atoms with Gasteiger partial charge in [-0.15, -0.1) is 6.58 Å². The molecular weight excluding hydrogens is 288 g/mol. The van der Waals surface area contributed by atoms with Crippen LogP contribution in [0.25, 0.3) is 0 Å². The lowest BCUT2D eigenvalue weighted by Gasteiger charge is -2.21. The first-order valence-corrected chi connectivity index (χ1v) is 8.72. The zero-order valence-electron chi connectivity index (χ0n) is 12.9. The molecule has 2 rings (SSSR count). The summed E-state index contributed by atoms with van der Waals surface area (Å²) in [5.74, 6) is 0. The summed E-state index contributed by atoms with van der Waals surface area (Å²) < 4.78 is 27.4. The Morgan fingerprint density at radius 3 is 2.71 bits per heavy atom. The molecule has 0 amide bonds. The molecule has 0 bridgehead atoms. The number of sulfonamides is 1. The van der Waals surface area contributed by atoms with Crippen molar-refractivity contribution in [3.8, 4) is 0 Å². The van der Waals surface area contributed by atoms with E-state index in [0.717, 1.165) is 12.8 Å². The fraction of sp³-hybridized carbons (Fsp3) is 0.643. The predicted molar refractivity (Wildman–Crippen MR) is 82.4 cm³/mol. The first-order chi connectivity index (χ1) is 9.87. The largest absolute Gasteiger partial charge is 0.309 e. The molecule has 1 aliphatic rings. The quantitative estimate of drug-likeness (QED) is 0.714. The molecule has 1 aromatic heterocycles. The van der Waals surface area contributed by atoms with Crippen LogP contribution in [0.3, 0.4) is 0 Å². The van der Waals surface area contributed by atoms with E-state index in [4.69, 9.17) is 0 Å². The Bertz CT molecular complexity index is 602. The lowest BCUT2D eigenvalue weighted by atomic mass is 10.3. The van der Waals surface area contributed by atoms with Crippen molar-refractivity contribution in [1.82, 2.24) is 19.8 Å². The van der Waals surface area contributed by atoms with Crippen LogP contribution >= 0.6 is 0 Å². The third-order valence-electron chi connectivity index (χ3n) is 3.47. The summed E-state index contributed by atoms with van der Waals surface area (Å²) in [5, 5.41) is 10.2. The molecule has 1 aliphatic carbocycles. The Hall–Kier alpha value is -1.18. The molecule has 7 heteroatoms. The zero-order chi connectivity index (χ0) is 15.6. The Kier molecular flexibility index (Phi) is 4.85. The van der Waals surface area contributed by atoms with E-state index in [9.17, 15) is 8.42 Å². The number of aryl methyl sites for hydroxylation is 1. The second-order valence-electron chi connectivity index (χ2n) is 5.75. The van der Waals surface area contributed by atoms with Gasteiger partial charge in [0.15, 0.2) is 0 Å². The van der Waals surface area contributed by atoms with E-state index in [0.29, 0.717) is 29.4 Å². The molecule has 6 nitrogen and oxygen atoms in total. The van der Waals surface area contributed by atoms with E-state index in [-0.39, 0.29) is 12.1 Å². The van der Waals surface area contributed by atoms with Gasteiger partial charge in [-0.1, -0.05) is 19.9 Å². The van der Waals surface area contributed by atoms with Crippen LogP contribution in [0.5, 0.6) is 0 Å². The van der Waals surface area contributed by atoms with Crippen LogP contribution in [0.4, 0.5) is 0 Å². The summed E-state index contributed by atoms with van der Waals surface area (Å²) in [5.41, 5.74) is 1.14. The number of aromatic amines is 1. The van der Waals surface area contributed by atoms with Crippen molar-refractivity contribution in [2.24, 2.45) is 0 Å². The standard InChI is InChI=1S/C14H24N4O2S/c1-5-8-18(12-6-7-12)21(19,20)14-11(4)16-17-13(14)9-15-10(2)3/h5,10,12,15H,1,6-9H2,2-4H3,(H,16,17). The van der Waals surface area contributed by atoms with E-state index >= 15 is 0 Å². The van der Waals surface area contributed by atoms with E-state index in [1.165, 1.54) is 4.31 Å². The molecule has 0 saturated heterocycles. The Morgan fingerprint density at radius 2 is 2.19 bits per heavy atom. The van der Waals surface area contributed by atoms with Crippen molar-refractivity contribution >= 4 is 10.0 Å². The van der Waals surface area contributed by atoms with Crippen molar-refractivity contribution in [1.29, 1.82) is 0 Å². The maximum atomic E-state index is 12.9. The minimum atomic E-state index is -3.54. The summed E-state index contributed by atoms with van der Waals surface area (Å²) in [6.45, 7) is 10.2. The van der Waals surface area contributed by atoms with Crippen LogP contribution in [0.2, 0.25) is 0 Å². The fourth-order valence-electron chi connectivity index (χ4n) is 2.28. The number of nitrogens with one attached hydrogen (secondary N) is 2. The van der Waals surface area contributed by atoms with Crippen LogP contribution < -0.4 is 5.32 Å². The fourth-order valence-corrected chi connectivity index (χ4v) is 4.27. The van der Waals surface area contributed by atoms with Crippen molar-refractivity contribution < 1.29 is 8.42 Å². The molecule has 0 atom stereocenters. The van der Waals surface area contributed by atoms with Crippen LogP contribution in [0, 0.1) is 6.92 Å². The number of aromatic nitrogens is 2. The highest BCUT2D eigenvalue weighted by Crippen LogP contribution is 2.33. The lowest BCUT2D eigenvalue weighted by Crippen LogP contribution is -2.34. The molecule has 1 heterocycles. The second-order valence-corrected chi connectivity index (χ2v) is 7.58. The van der Waals surface area contributed by atoms with Gasteiger partial charge in [0.2, 0.25) is 10.0 Å². The molecule has 0 aliphatic heterocycles. The van der Waals surface area contributed by atoms with Crippen LogP contribution in [-0.4, -0.2) is 41.5 Å². The summed E-state index contributed by atoms with van der Waals surface area (Å²) in [6.07, 6.45) is 3.48. The molecule has 118 valence electrons. The molecule has 1 aromatic rings. The molecule has 21 heavy (non-hydrogen) atoms. The van der Waals surface area contributed by atoms with Gasteiger partial charge in [0.1, 0.15) is 4.90 Å². The molecule has 0 spiro atoms. The van der Waals surface area contributed by atoms with E-state index < -0.39 is 10.0 Å². The highest BCUT2D eigenvalue weighted by Gasteiger charge is 2.39. The molecular formula is C14H24N4O2S. The van der Waals surface area contributed by atoms with Gasteiger partial charge in [-0.25, -0.2) is 8.42 Å². The summed E-state index contributed by atoms with van der Waals surface area (Å²) >= 11 is 0. The van der Waals surface area contributed by atoms with Gasteiger partial charge < -0.3 is 5.32 Å². The smallest absolute Gasteiger partial charge is 0.247 e. The molecule has 2 N–H and O–H groups in total. The van der Waals surface area contributed by atoms with E-state index in [1.54, 1.807) is 13.0 Å². The molecule has 1 fully saturated rings. The van der Waals surface area contributed by atoms with Gasteiger partial charge in [-0.3, -0.25) is 5.10 Å². The summed E-state index contributed by atoms with van der Waals surface area (Å²) in [7, 11) is -3.54. The van der Waals surface area contributed by atoms with Crippen LogP contribution in [0.1, 0.15) is 38.1 Å². The van der Waals surface area contributed by atoms with Gasteiger partial charge in [-0.05, 0) is 19.8 Å². The number of hydrogen-bond donors (Lipinski definition) is 2. The van der Waals surface area contributed by atoms with Gasteiger partial charge in [0, 0.05) is 25.2 Å². The SMILES string of the molecule is C=CCN(C1CC1)S(=O)(=O)c1c(CNC(C)C)n[nH]c1C. The van der Waals surface area contributed by atoms with Crippen molar-refractivity contribution in [2.75, 3.05) is 6.54 Å². The normalized spacial score (nSPS) is 15.9. The van der Waals surface area contributed by atoms with E-state index in [1.807, 2.05) is 13.8 Å². The van der Waals surface area contributed by atoms with Crippen molar-refractivity contribution in [2.45, 2.75) is 57.1 Å². The topological polar surface area (TPSA) is 78.1 Å². The summed E-state index contributed by atoms with van der Waals surface area (Å²) in [6, 6.07) is 0.374. The monoisotopic (exact) mass is 312 g/mol. The average Bonchev–Trinajstić information content (AvgIpc) is 3.16. The molecule has 0 unspecified atom stereocenters. The van der Waals surface area contributed by atoms with Gasteiger partial charge in [0.05, 0.1) is 11.4 Å². The van der Waals surface area contributed by atoms with Crippen molar-refractivity contribution in [3.63, 3.8) is 0 Å². The van der Waals surface area contributed by atoms with Gasteiger partial charge in [0.25, 0.3) is 0 Å². The maximum Gasteiger partial charge on any atom is 0.247 e. The first-order valence-electron chi connectivity index (χ1n) is 7.28. The second kappa shape index (κ2) is 6.29. The maximum absolute atomic E-state index is 12.9. The number of hydrogen-bond acceptors (Lipinski definition) is 4. The predicted octanol–water partition coefficient (Wildman–Crippen LogP) is 1.56. The third kappa shape index (κ3) is 3.53. The number of nitrogens with zero attached hydrogens (tertiary/aromatic N) is 2. The minimum Gasteiger partial charge on any atom is -0.309 e. The highest BCUT2D eigenvalue weighted by molar-refractivity contribution is 7.89. The first kappa shape index (κ1) is 16.2. The lowest BCUT2D eigenvalue weighted by molar-refractivity contribution is 0.434. The number of rotatable bonds is 8. The van der Waals surface area contributed by atoms with Gasteiger partial charge in [-0.2, -0.15) is 9.40 Å². The third-order valence-corrected chi connectivity index (χ3v) is 5.59. The van der Waals surface area contributed by atoms with Crippen molar-refractivity contribution in [3.05, 3.63) is 24.0 Å². The molecule has 0 radical (unpaired) electrons. The van der Waals surface area contributed by atoms with Crippen LogP contribution in [0.15, 0.2) is 17.6 Å². The Balaban J connectivity index is 2.34. The average molecular weight is 312 g/mol. The van der Waals surface area contributed by atoms with E-state index in [2.05, 4.69) is 22.1 Å². The molecule has 0 aromatic carbocycles. The Labute approximate surface area is 126 Å². The highest BCUT2D eigenvalue weighted by atomic mass is 32.2. The Morgan fingerprint density at radius 1 is 1.52 bits per heavy atom.